The normalized spacial score (nSPS) is 10.7. The Morgan fingerprint density at radius 1 is 0.824 bits per heavy atom. The standard InChI is InChI=1S/C4H6O6.CH2O3.Li.Mn.Ni.H/c5-1(3(7)8)2(6)4(9)10;2-1(3)4;;;;/h1-2,5-6H,(H,7,8)(H,9,10);(H2,2,3,4);;;;/q;;+1;;;-1. The second-order valence-corrected chi connectivity index (χ2v) is 1.85. The molecule has 0 aromatic rings. The molecule has 0 saturated carbocycles. The predicted molar refractivity (Wildman–Crippen MR) is 39.1 cm³/mol. The topological polar surface area (TPSA) is 173 Å². The van der Waals surface area contributed by atoms with Crippen molar-refractivity contribution in [3.8, 4) is 0 Å². The van der Waals surface area contributed by atoms with Gasteiger partial charge in [-0.1, -0.05) is 0 Å². The van der Waals surface area contributed by atoms with Gasteiger partial charge in [0.25, 0.3) is 0 Å². The Hall–Kier alpha value is -0.260. The fraction of sp³-hybridized carbons (Fsp3) is 0.400. The number of carboxylic acids is 2. The summed E-state index contributed by atoms with van der Waals surface area (Å²) in [5, 5.41) is 46.5. The fourth-order valence-electron chi connectivity index (χ4n) is 0.270. The van der Waals surface area contributed by atoms with Crippen molar-refractivity contribution in [3.05, 3.63) is 0 Å². The molecule has 0 rings (SSSR count). The molecular formula is C5H9LiMnNiO9. The molecule has 0 saturated heterocycles. The van der Waals surface area contributed by atoms with Crippen LogP contribution >= 0.6 is 0 Å². The van der Waals surface area contributed by atoms with Crippen molar-refractivity contribution < 1.29 is 98.9 Å². The number of carboxylic acid groups (broad SMARTS) is 4. The van der Waals surface area contributed by atoms with E-state index in [1.807, 2.05) is 0 Å². The van der Waals surface area contributed by atoms with Gasteiger partial charge in [0.2, 0.25) is 0 Å². The third-order valence-electron chi connectivity index (χ3n) is 0.805. The molecule has 0 heterocycles. The van der Waals surface area contributed by atoms with Crippen molar-refractivity contribution in [2.24, 2.45) is 0 Å². The van der Waals surface area contributed by atoms with Crippen LogP contribution in [0.5, 0.6) is 0 Å². The number of aliphatic hydroxyl groups excluding tert-OH is 2. The molecule has 0 aliphatic rings. The second kappa shape index (κ2) is 15.7. The van der Waals surface area contributed by atoms with Crippen LogP contribution in [-0.4, -0.2) is 60.9 Å². The van der Waals surface area contributed by atoms with Crippen LogP contribution in [-0.2, 0) is 43.1 Å². The quantitative estimate of drug-likeness (QED) is 0.277. The number of aliphatic hydroxyl groups is 2. The second-order valence-electron chi connectivity index (χ2n) is 1.85. The van der Waals surface area contributed by atoms with E-state index in [1.54, 1.807) is 0 Å². The van der Waals surface area contributed by atoms with Crippen molar-refractivity contribution in [2.75, 3.05) is 0 Å². The summed E-state index contributed by atoms with van der Waals surface area (Å²) < 4.78 is 0. The first-order valence-corrected chi connectivity index (χ1v) is 2.93. The smallest absolute Gasteiger partial charge is 1.00 e. The average Bonchev–Trinajstić information content (AvgIpc) is 2.00. The summed E-state index contributed by atoms with van der Waals surface area (Å²) >= 11 is 0. The first kappa shape index (κ1) is 30.1. The Labute approximate surface area is 129 Å². The van der Waals surface area contributed by atoms with E-state index in [-0.39, 0.29) is 53.8 Å². The molecule has 0 aromatic heterocycles. The molecule has 0 aliphatic heterocycles. The molecule has 0 fully saturated rings. The molecule has 0 spiro atoms. The third-order valence-corrected chi connectivity index (χ3v) is 0.805. The zero-order chi connectivity index (χ0) is 11.9. The third kappa shape index (κ3) is 21.6. The number of aliphatic carboxylic acids is 2. The van der Waals surface area contributed by atoms with Gasteiger partial charge >= 0.3 is 37.0 Å². The molecule has 0 amide bonds. The largest absolute Gasteiger partial charge is 1.00 e. The van der Waals surface area contributed by atoms with Crippen molar-refractivity contribution in [3.63, 3.8) is 0 Å². The zero-order valence-corrected chi connectivity index (χ0v) is 10.4. The summed E-state index contributed by atoms with van der Waals surface area (Å²) in [6, 6.07) is 0. The van der Waals surface area contributed by atoms with Gasteiger partial charge in [0.05, 0.1) is 0 Å². The monoisotopic (exact) mass is 333 g/mol. The Morgan fingerprint density at radius 2 is 0.941 bits per heavy atom. The van der Waals surface area contributed by atoms with Gasteiger partial charge in [-0.15, -0.1) is 0 Å². The maximum absolute atomic E-state index is 9.77. The van der Waals surface area contributed by atoms with Gasteiger partial charge in [0.15, 0.2) is 12.2 Å². The van der Waals surface area contributed by atoms with Gasteiger partial charge in [-0.2, -0.15) is 0 Å². The Morgan fingerprint density at radius 3 is 1.00 bits per heavy atom. The van der Waals surface area contributed by atoms with Gasteiger partial charge in [-0.25, -0.2) is 14.4 Å². The minimum atomic E-state index is -2.27. The molecule has 6 N–H and O–H groups in total. The number of rotatable bonds is 3. The Bertz CT molecular complexity index is 221. The number of carbonyl (C=O) groups is 3. The van der Waals surface area contributed by atoms with Gasteiger partial charge < -0.3 is 32.1 Å². The van der Waals surface area contributed by atoms with Crippen LogP contribution in [0.1, 0.15) is 1.43 Å². The van der Waals surface area contributed by atoms with E-state index in [9.17, 15) is 9.59 Å². The summed E-state index contributed by atoms with van der Waals surface area (Å²) in [4.78, 5) is 28.1. The van der Waals surface area contributed by atoms with E-state index < -0.39 is 30.3 Å². The Kier molecular flexibility index (Phi) is 27.9. The average molecular weight is 334 g/mol. The van der Waals surface area contributed by atoms with Crippen LogP contribution in [0.4, 0.5) is 4.79 Å². The van der Waals surface area contributed by atoms with Gasteiger partial charge in [-0.05, 0) is 0 Å². The van der Waals surface area contributed by atoms with E-state index in [2.05, 4.69) is 0 Å². The van der Waals surface area contributed by atoms with Gasteiger partial charge in [-0.3, -0.25) is 0 Å². The van der Waals surface area contributed by atoms with Crippen molar-refractivity contribution in [1.82, 2.24) is 0 Å². The SMILES string of the molecule is O=C(O)C(O)C(O)C(=O)O.O=C(O)O.[H-].[Li+].[Mn].[Ni]. The van der Waals surface area contributed by atoms with E-state index in [1.165, 1.54) is 0 Å². The van der Waals surface area contributed by atoms with E-state index >= 15 is 0 Å². The van der Waals surface area contributed by atoms with E-state index in [4.69, 9.17) is 35.4 Å². The molecule has 17 heavy (non-hydrogen) atoms. The summed E-state index contributed by atoms with van der Waals surface area (Å²) in [6.07, 6.45) is -6.37. The molecule has 101 valence electrons. The van der Waals surface area contributed by atoms with Crippen LogP contribution in [0, 0.1) is 0 Å². The summed E-state index contributed by atoms with van der Waals surface area (Å²) in [7, 11) is 0. The molecule has 1 radical (unpaired) electrons. The molecule has 0 aliphatic carbocycles. The molecule has 0 bridgehead atoms. The first-order chi connectivity index (χ1) is 6.20. The van der Waals surface area contributed by atoms with Crippen LogP contribution < -0.4 is 18.9 Å². The molecular weight excluding hydrogens is 325 g/mol. The maximum atomic E-state index is 9.77. The van der Waals surface area contributed by atoms with E-state index in [0.29, 0.717) is 0 Å². The van der Waals surface area contributed by atoms with Crippen LogP contribution in [0.25, 0.3) is 0 Å². The van der Waals surface area contributed by atoms with Crippen molar-refractivity contribution >= 4 is 18.1 Å². The minimum Gasteiger partial charge on any atom is -1.00 e. The number of hydrogen-bond acceptors (Lipinski definition) is 5. The van der Waals surface area contributed by atoms with Crippen LogP contribution in [0.15, 0.2) is 0 Å². The predicted octanol–water partition coefficient (Wildman–Crippen LogP) is -4.79. The maximum Gasteiger partial charge on any atom is 1.00 e. The summed E-state index contributed by atoms with van der Waals surface area (Å²) in [5.41, 5.74) is 0. The van der Waals surface area contributed by atoms with E-state index in [0.717, 1.165) is 0 Å². The molecule has 12 heteroatoms. The minimum absolute atomic E-state index is 0. The first-order valence-electron chi connectivity index (χ1n) is 2.93. The Balaban J connectivity index is -0.0000000402. The fourth-order valence-corrected chi connectivity index (χ4v) is 0.270. The zero-order valence-electron chi connectivity index (χ0n) is 9.26. The summed E-state index contributed by atoms with van der Waals surface area (Å²) in [5.74, 6) is -3.54. The molecule has 2 atom stereocenters. The van der Waals surface area contributed by atoms with Crippen LogP contribution in [0.3, 0.4) is 0 Å². The molecule has 0 aromatic carbocycles. The van der Waals surface area contributed by atoms with Crippen molar-refractivity contribution in [2.45, 2.75) is 12.2 Å². The van der Waals surface area contributed by atoms with Crippen LogP contribution in [0.2, 0.25) is 0 Å². The van der Waals surface area contributed by atoms with Crippen molar-refractivity contribution in [1.29, 1.82) is 0 Å². The molecule has 9 nitrogen and oxygen atoms in total. The molecule has 2 unspecified atom stereocenters. The number of hydrogen-bond donors (Lipinski definition) is 6. The van der Waals surface area contributed by atoms with Gasteiger partial charge in [0, 0.05) is 33.6 Å². The van der Waals surface area contributed by atoms with Gasteiger partial charge in [0.1, 0.15) is 0 Å². The summed E-state index contributed by atoms with van der Waals surface area (Å²) in [6.45, 7) is 0.